The van der Waals surface area contributed by atoms with Crippen LogP contribution in [0.1, 0.15) is 0 Å². The normalized spacial score (nSPS) is 3.38. The van der Waals surface area contributed by atoms with Crippen molar-refractivity contribution in [2.45, 2.75) is 0 Å². The van der Waals surface area contributed by atoms with E-state index in [1.165, 1.54) is 0 Å². The molecule has 0 unspecified atom stereocenters. The monoisotopic (exact) mass is 248 g/mol. The topological polar surface area (TPSA) is 271 Å². The Morgan fingerprint density at radius 3 is 0.846 bits per heavy atom. The van der Waals surface area contributed by atoms with Crippen LogP contribution < -0.4 is 10.2 Å². The zero-order chi connectivity index (χ0) is 5.15. The van der Waals surface area contributed by atoms with E-state index in [4.69, 9.17) is 19.8 Å². The van der Waals surface area contributed by atoms with Gasteiger partial charge in [0.1, 0.15) is 0 Å². The molecule has 0 aliphatic rings. The maximum atomic E-state index is 8.93. The summed E-state index contributed by atoms with van der Waals surface area (Å²) in [6.45, 7) is 0. The van der Waals surface area contributed by atoms with Crippen molar-refractivity contribution in [1.82, 2.24) is 0 Å². The van der Waals surface area contributed by atoms with Gasteiger partial charge in [-0.1, -0.05) is 0 Å². The average Bonchev–Trinajstić information content (AvgIpc) is 1.36. The van der Waals surface area contributed by atoms with E-state index in [9.17, 15) is 0 Å². The second-order valence-electron chi connectivity index (χ2n) is 0.575. The summed E-state index contributed by atoms with van der Waals surface area (Å²) in [6.07, 6.45) is 0. The van der Waals surface area contributed by atoms with Crippen LogP contribution in [-0.4, -0.2) is 22.9 Å². The Bertz CT molecular complexity index is 78.9. The van der Waals surface area contributed by atoms with Crippen molar-refractivity contribution < 1.29 is 71.2 Å². The summed E-state index contributed by atoms with van der Waals surface area (Å²) in [6, 6.07) is 0. The first-order valence-corrected chi connectivity index (χ1v) is 1.07. The largest absolute Gasteiger partial charge is 4.00 e. The minimum Gasteiger partial charge on any atom is -2.00 e. The van der Waals surface area contributed by atoms with Gasteiger partial charge in [-0.05, 0) is 0 Å². The molecule has 0 aliphatic carbocycles. The molecule has 0 heterocycles. The molecule has 10 nitrogen and oxygen atoms in total. The number of carboxylic acid groups (broad SMARTS) is 2. The van der Waals surface area contributed by atoms with Crippen molar-refractivity contribution in [3.8, 4) is 0 Å². The zero-order valence-electron chi connectivity index (χ0n) is 6.22. The molecule has 0 aromatic heterocycles. The number of rotatable bonds is 0. The molecule has 83 valence electrons. The van der Waals surface area contributed by atoms with Crippen molar-refractivity contribution in [2.24, 2.45) is 0 Å². The number of carbonyl (C=O) groups excluding carboxylic acids is 2. The third-order valence-electron chi connectivity index (χ3n) is 0.167. The van der Waals surface area contributed by atoms with E-state index < -0.39 is 11.9 Å². The molecule has 0 atom stereocenters. The van der Waals surface area contributed by atoms with Gasteiger partial charge in [-0.2, -0.15) is 0 Å². The molecule has 11 heteroatoms. The zero-order valence-corrected chi connectivity index (χ0v) is 7.62. The summed E-state index contributed by atoms with van der Waals surface area (Å²) >= 11 is 0. The summed E-state index contributed by atoms with van der Waals surface area (Å²) < 4.78 is 0. The quantitative estimate of drug-likeness (QED) is 0.297. The predicted octanol–water partition coefficient (Wildman–Crippen LogP) is -8.05. The third kappa shape index (κ3) is 90.2. The number of hydrogen-bond acceptors (Lipinski definition) is 4. The van der Waals surface area contributed by atoms with Crippen molar-refractivity contribution >= 4 is 11.9 Å². The van der Waals surface area contributed by atoms with E-state index in [-0.39, 0.29) is 51.4 Å². The van der Waals surface area contributed by atoms with Gasteiger partial charge >= 0.3 is 18.6 Å². The first-order chi connectivity index (χ1) is 2.64. The van der Waals surface area contributed by atoms with Gasteiger partial charge < -0.3 is 52.7 Å². The van der Waals surface area contributed by atoms with Gasteiger partial charge in [0, 0.05) is 0 Å². The van der Waals surface area contributed by atoms with Crippen molar-refractivity contribution in [3.63, 3.8) is 0 Å². The smallest absolute Gasteiger partial charge is 2.00 e. The van der Waals surface area contributed by atoms with Crippen LogP contribution in [0.5, 0.6) is 0 Å². The molecular formula is C2H13O10V+3. The molecule has 13 heavy (non-hydrogen) atoms. The molecule has 0 spiro atoms. The maximum absolute atomic E-state index is 8.93. The maximum Gasteiger partial charge on any atom is 4.00 e. The van der Waals surface area contributed by atoms with Crippen LogP contribution in [0.4, 0.5) is 0 Å². The van der Waals surface area contributed by atoms with Gasteiger partial charge in [-0.25, -0.2) is 0 Å². The van der Waals surface area contributed by atoms with Crippen molar-refractivity contribution in [3.05, 3.63) is 0 Å². The Kier molecular flexibility index (Phi) is 280. The number of aliphatic carboxylic acids is 2. The molecule has 0 amide bonds. The molecule has 0 aliphatic heterocycles. The summed E-state index contributed by atoms with van der Waals surface area (Å²) in [7, 11) is 0. The number of carbonyl (C=O) groups is 2. The van der Waals surface area contributed by atoms with E-state index in [1.807, 2.05) is 0 Å². The van der Waals surface area contributed by atoms with Crippen LogP contribution in [-0.2, 0) is 50.0 Å². The molecule has 0 aromatic rings. The summed E-state index contributed by atoms with van der Waals surface area (Å²) in [5.41, 5.74) is 0. The number of hydrogen-bond donors (Lipinski definition) is 0. The molecule has 1 radical (unpaired) electrons. The molecular weight excluding hydrogens is 235 g/mol. The SMILES string of the molecule is O.O.O=C([O-])C(=O)[O-].[O-2].[OH3+].[OH3+].[OH3+].[V+4]. The molecule has 0 saturated carbocycles. The standard InChI is InChI=1S/C2H2O4.5H2O.O.V/c3-1(4)2(5)6;;;;;;;/h(H,3,4)(H,5,6);5*1H2;;/q;;;;;;-2;+4/p+1. The summed E-state index contributed by atoms with van der Waals surface area (Å²) in [5, 5.41) is 17.9. The molecule has 0 aromatic carbocycles. The average molecular weight is 248 g/mol. The van der Waals surface area contributed by atoms with Crippen LogP contribution in [0, 0.1) is 0 Å². The fourth-order valence-corrected chi connectivity index (χ4v) is 0. The van der Waals surface area contributed by atoms with Crippen LogP contribution in [0.15, 0.2) is 0 Å². The van der Waals surface area contributed by atoms with Gasteiger partial charge in [0.05, 0.1) is 11.9 Å². The fraction of sp³-hybridized carbons (Fsp3) is 0. The van der Waals surface area contributed by atoms with Gasteiger partial charge in [-0.3, -0.25) is 0 Å². The Morgan fingerprint density at radius 2 is 0.846 bits per heavy atom. The van der Waals surface area contributed by atoms with E-state index in [2.05, 4.69) is 0 Å². The van der Waals surface area contributed by atoms with Gasteiger partial charge in [0.15, 0.2) is 0 Å². The second kappa shape index (κ2) is 42.7. The van der Waals surface area contributed by atoms with E-state index in [1.54, 1.807) is 0 Å². The third-order valence-corrected chi connectivity index (χ3v) is 0.167. The van der Waals surface area contributed by atoms with Crippen molar-refractivity contribution in [1.29, 1.82) is 0 Å². The van der Waals surface area contributed by atoms with Crippen molar-refractivity contribution in [2.75, 3.05) is 0 Å². The minimum absolute atomic E-state index is 0. The Hall–Kier alpha value is -0.716. The second-order valence-corrected chi connectivity index (χ2v) is 0.575. The molecule has 0 rings (SSSR count). The Morgan fingerprint density at radius 1 is 0.769 bits per heavy atom. The first kappa shape index (κ1) is 85.2. The van der Waals surface area contributed by atoms with E-state index in [0.717, 1.165) is 0 Å². The molecule has 0 saturated heterocycles. The van der Waals surface area contributed by atoms with Gasteiger partial charge in [0.2, 0.25) is 0 Å². The Balaban J connectivity index is -0.00000000595. The van der Waals surface area contributed by atoms with Crippen LogP contribution in [0.25, 0.3) is 0 Å². The van der Waals surface area contributed by atoms with Crippen LogP contribution >= 0.6 is 0 Å². The fourth-order valence-electron chi connectivity index (χ4n) is 0. The minimum atomic E-state index is -2.19. The molecule has 13 N–H and O–H groups in total. The molecule has 0 fully saturated rings. The first-order valence-electron chi connectivity index (χ1n) is 1.07. The van der Waals surface area contributed by atoms with E-state index in [0.29, 0.717) is 0 Å². The summed E-state index contributed by atoms with van der Waals surface area (Å²) in [4.78, 5) is 17.9. The summed E-state index contributed by atoms with van der Waals surface area (Å²) in [5.74, 6) is -4.37. The number of carboxylic acids is 2. The van der Waals surface area contributed by atoms with Crippen LogP contribution in [0.3, 0.4) is 0 Å². The van der Waals surface area contributed by atoms with Gasteiger partial charge in [0.25, 0.3) is 0 Å². The predicted molar refractivity (Wildman–Crippen MR) is 32.5 cm³/mol. The van der Waals surface area contributed by atoms with Gasteiger partial charge in [-0.15, -0.1) is 0 Å². The molecule has 0 bridgehead atoms. The van der Waals surface area contributed by atoms with E-state index >= 15 is 0 Å². The Labute approximate surface area is 83.9 Å². The van der Waals surface area contributed by atoms with Crippen LogP contribution in [0.2, 0.25) is 0 Å².